The van der Waals surface area contributed by atoms with E-state index in [9.17, 15) is 0 Å². The predicted octanol–water partition coefficient (Wildman–Crippen LogP) is 18.4. The first kappa shape index (κ1) is 41.2. The predicted molar refractivity (Wildman–Crippen MR) is 290 cm³/mol. The van der Waals surface area contributed by atoms with E-state index in [2.05, 4.69) is 267 Å². The molecule has 11 aromatic rings. The highest BCUT2D eigenvalue weighted by Crippen LogP contribution is 2.54. The minimum absolute atomic E-state index is 0.0747. The van der Waals surface area contributed by atoms with Crippen LogP contribution in [-0.4, -0.2) is 4.57 Å². The molecule has 0 N–H and O–H groups in total. The maximum Gasteiger partial charge on any atom is 0.0541 e. The van der Waals surface area contributed by atoms with Crippen molar-refractivity contribution in [3.8, 4) is 72.4 Å². The Morgan fingerprint density at radius 2 is 0.750 bits per heavy atom. The third-order valence-electron chi connectivity index (χ3n) is 14.7. The fourth-order valence-electron chi connectivity index (χ4n) is 11.4. The van der Waals surface area contributed by atoms with Gasteiger partial charge in [-0.3, -0.25) is 0 Å². The van der Waals surface area contributed by atoms with Crippen molar-refractivity contribution in [2.75, 3.05) is 0 Å². The van der Waals surface area contributed by atoms with E-state index in [-0.39, 0.29) is 5.41 Å². The smallest absolute Gasteiger partial charge is 0.0541 e. The summed E-state index contributed by atoms with van der Waals surface area (Å²) in [6, 6.07) is 87.2. The van der Waals surface area contributed by atoms with Crippen LogP contribution in [0, 0.1) is 0 Å². The van der Waals surface area contributed by atoms with Crippen LogP contribution in [0.15, 0.2) is 237 Å². The average Bonchev–Trinajstić information content (AvgIpc) is 3.90. The minimum Gasteiger partial charge on any atom is -0.309 e. The van der Waals surface area contributed by atoms with Gasteiger partial charge < -0.3 is 4.57 Å². The highest BCUT2D eigenvalue weighted by atomic mass is 15.0. The molecule has 68 heavy (non-hydrogen) atoms. The van der Waals surface area contributed by atoms with Gasteiger partial charge in [0.15, 0.2) is 0 Å². The highest BCUT2D eigenvalue weighted by Gasteiger charge is 2.41. The summed E-state index contributed by atoms with van der Waals surface area (Å²) >= 11 is 0. The first-order chi connectivity index (χ1) is 33.6. The van der Waals surface area contributed by atoms with Gasteiger partial charge in [-0.1, -0.05) is 232 Å². The first-order valence-corrected chi connectivity index (χ1v) is 24.1. The number of fused-ring (bicyclic) bond motifs is 6. The van der Waals surface area contributed by atoms with Crippen LogP contribution in [0.5, 0.6) is 0 Å². The Bertz CT molecular complexity index is 3600. The molecule has 1 heteroatoms. The lowest BCUT2D eigenvalue weighted by Crippen LogP contribution is -2.23. The van der Waals surface area contributed by atoms with Gasteiger partial charge in [0.2, 0.25) is 0 Å². The Morgan fingerprint density at radius 3 is 1.28 bits per heavy atom. The summed E-state index contributed by atoms with van der Waals surface area (Å²) in [7, 11) is 0. The Balaban J connectivity index is 0.935. The van der Waals surface area contributed by atoms with Gasteiger partial charge in [-0.25, -0.2) is 0 Å². The van der Waals surface area contributed by atoms with Gasteiger partial charge in [-0.05, 0) is 132 Å². The molecule has 0 atom stereocenters. The van der Waals surface area contributed by atoms with E-state index >= 15 is 0 Å². The normalized spacial score (nSPS) is 12.7. The Labute approximate surface area is 400 Å². The molecule has 0 fully saturated rings. The van der Waals surface area contributed by atoms with E-state index in [1.165, 1.54) is 117 Å². The van der Waals surface area contributed by atoms with Crippen molar-refractivity contribution < 1.29 is 0 Å². The van der Waals surface area contributed by atoms with E-state index in [0.717, 1.165) is 12.8 Å². The summed E-state index contributed by atoms with van der Waals surface area (Å²) in [6.07, 6.45) is 6.63. The van der Waals surface area contributed by atoms with E-state index < -0.39 is 0 Å². The number of hydrogen-bond donors (Lipinski definition) is 0. The highest BCUT2D eigenvalue weighted by molar-refractivity contribution is 6.10. The number of aromatic nitrogens is 1. The summed E-state index contributed by atoms with van der Waals surface area (Å²) < 4.78 is 2.45. The summed E-state index contributed by atoms with van der Waals surface area (Å²) in [6.45, 7) is 4.73. The zero-order chi connectivity index (χ0) is 45.6. The fourth-order valence-corrected chi connectivity index (χ4v) is 11.4. The Hall–Kier alpha value is -8.26. The van der Waals surface area contributed by atoms with Gasteiger partial charge in [-0.15, -0.1) is 0 Å². The van der Waals surface area contributed by atoms with E-state index in [0.29, 0.717) is 0 Å². The largest absolute Gasteiger partial charge is 0.309 e. The van der Waals surface area contributed by atoms with E-state index in [1.54, 1.807) is 0 Å². The average molecular weight is 870 g/mol. The van der Waals surface area contributed by atoms with Crippen molar-refractivity contribution in [2.45, 2.75) is 32.1 Å². The van der Waals surface area contributed by atoms with Crippen LogP contribution in [0.4, 0.5) is 0 Å². The second-order valence-corrected chi connectivity index (χ2v) is 18.2. The number of benzene rings is 10. The van der Waals surface area contributed by atoms with Gasteiger partial charge in [0.25, 0.3) is 0 Å². The first-order valence-electron chi connectivity index (χ1n) is 24.1. The number of para-hydroxylation sites is 2. The summed E-state index contributed by atoms with van der Waals surface area (Å²) in [5.74, 6) is 0. The molecule has 0 aliphatic heterocycles. The SMILES string of the molecule is CCC1(CC)c2cc(/C=C/c3ccc(-c4cc(-c5ccccc5)c(-c5ccccc5)c(-c5ccccc5)c4-c4ccccc4)cc3)ccc2-c2ccc(-n3c4ccccc4c4ccccc43)cc21. The lowest BCUT2D eigenvalue weighted by molar-refractivity contribution is 0.490. The molecule has 1 aliphatic rings. The lowest BCUT2D eigenvalue weighted by Gasteiger charge is -2.30. The van der Waals surface area contributed by atoms with Crippen LogP contribution in [0.1, 0.15) is 48.9 Å². The van der Waals surface area contributed by atoms with Gasteiger partial charge in [0.05, 0.1) is 11.0 Å². The van der Waals surface area contributed by atoms with Crippen LogP contribution in [0.2, 0.25) is 0 Å². The molecule has 0 spiro atoms. The number of nitrogens with zero attached hydrogens (tertiary/aromatic N) is 1. The molecule has 0 amide bonds. The zero-order valence-corrected chi connectivity index (χ0v) is 38.5. The summed E-state index contributed by atoms with van der Waals surface area (Å²) in [4.78, 5) is 0. The molecule has 0 radical (unpaired) electrons. The molecule has 0 unspecified atom stereocenters. The third-order valence-corrected chi connectivity index (χ3v) is 14.7. The molecule has 324 valence electrons. The molecule has 1 nitrogen and oxygen atoms in total. The van der Waals surface area contributed by atoms with Gasteiger partial charge in [0, 0.05) is 21.9 Å². The van der Waals surface area contributed by atoms with Gasteiger partial charge in [0.1, 0.15) is 0 Å². The minimum atomic E-state index is -0.0747. The van der Waals surface area contributed by atoms with Gasteiger partial charge in [-0.2, -0.15) is 0 Å². The Kier molecular flexibility index (Phi) is 10.4. The molecule has 1 aliphatic carbocycles. The fraction of sp³-hybridized carbons (Fsp3) is 0.0746. The maximum absolute atomic E-state index is 2.49. The molecule has 0 saturated heterocycles. The summed E-state index contributed by atoms with van der Waals surface area (Å²) in [5.41, 5.74) is 23.7. The lowest BCUT2D eigenvalue weighted by atomic mass is 9.73. The van der Waals surface area contributed by atoms with Crippen molar-refractivity contribution >= 4 is 34.0 Å². The van der Waals surface area contributed by atoms with Crippen molar-refractivity contribution in [3.63, 3.8) is 0 Å². The molecular weight excluding hydrogens is 819 g/mol. The van der Waals surface area contributed by atoms with Crippen LogP contribution in [-0.2, 0) is 5.41 Å². The number of rotatable bonds is 10. The molecule has 10 aromatic carbocycles. The quantitative estimate of drug-likeness (QED) is 0.121. The zero-order valence-electron chi connectivity index (χ0n) is 38.5. The molecule has 12 rings (SSSR count). The third kappa shape index (κ3) is 6.85. The maximum atomic E-state index is 2.49. The van der Waals surface area contributed by atoms with Crippen molar-refractivity contribution in [1.29, 1.82) is 0 Å². The van der Waals surface area contributed by atoms with Crippen molar-refractivity contribution in [1.82, 2.24) is 4.57 Å². The van der Waals surface area contributed by atoms with Crippen molar-refractivity contribution in [2.24, 2.45) is 0 Å². The topological polar surface area (TPSA) is 4.93 Å². The standard InChI is InChI=1S/C67H51N/c1-3-67(4-2)60-43-47(37-41-54(60)55-42-40-53(44-61(55)67)68-62-31-19-17-29-56(62)57-30-18-20-32-63(57)68)34-33-46-35-38-49(39-36-46)59-45-58(48-21-9-5-10-22-48)64(50-23-11-6-12-24-50)66(52-27-15-8-16-28-52)65(59)51-25-13-7-14-26-51/h5-45H,3-4H2,1-2H3/b34-33+. The van der Waals surface area contributed by atoms with Crippen LogP contribution in [0.25, 0.3) is 106 Å². The second kappa shape index (κ2) is 17.2. The molecular formula is C67H51N. The van der Waals surface area contributed by atoms with Crippen LogP contribution < -0.4 is 0 Å². The van der Waals surface area contributed by atoms with E-state index in [4.69, 9.17) is 0 Å². The van der Waals surface area contributed by atoms with E-state index in [1.807, 2.05) is 0 Å². The van der Waals surface area contributed by atoms with Crippen LogP contribution in [0.3, 0.4) is 0 Å². The second-order valence-electron chi connectivity index (χ2n) is 18.2. The monoisotopic (exact) mass is 869 g/mol. The molecule has 1 aromatic heterocycles. The summed E-state index contributed by atoms with van der Waals surface area (Å²) in [5, 5.41) is 2.58. The molecule has 0 saturated carbocycles. The Morgan fingerprint density at radius 1 is 0.338 bits per heavy atom. The number of hydrogen-bond acceptors (Lipinski definition) is 0. The van der Waals surface area contributed by atoms with Gasteiger partial charge >= 0.3 is 0 Å². The molecule has 1 heterocycles. The molecule has 0 bridgehead atoms. The van der Waals surface area contributed by atoms with Crippen LogP contribution >= 0.6 is 0 Å². The van der Waals surface area contributed by atoms with Crippen molar-refractivity contribution in [3.05, 3.63) is 259 Å².